The molecule has 2 atom stereocenters. The maximum absolute atomic E-state index is 8.69. The zero-order chi connectivity index (χ0) is 13.2. The van der Waals surface area contributed by atoms with Crippen molar-refractivity contribution in [1.82, 2.24) is 0 Å². The normalized spacial score (nSPS) is 25.3. The Kier molecular flexibility index (Phi) is 3.17. The standard InChI is InChI=1S/C13H15N3O2/c1-4-11-10-7-9(17-3)5-6-12(10)18-8-13(11,2)15-16-14/h4-7,11H,1,8H2,2-3H3/t11-,13+/m0/s1. The van der Waals surface area contributed by atoms with E-state index in [1.807, 2.05) is 25.1 Å². The molecule has 0 fully saturated rings. The van der Waals surface area contributed by atoms with Crippen molar-refractivity contribution in [2.75, 3.05) is 13.7 Å². The van der Waals surface area contributed by atoms with Crippen molar-refractivity contribution < 1.29 is 9.47 Å². The molecule has 5 heteroatoms. The molecular formula is C13H15N3O2. The number of benzene rings is 1. The van der Waals surface area contributed by atoms with E-state index in [4.69, 9.17) is 15.0 Å². The fourth-order valence-corrected chi connectivity index (χ4v) is 2.25. The summed E-state index contributed by atoms with van der Waals surface area (Å²) in [6.07, 6.45) is 1.79. The van der Waals surface area contributed by atoms with Gasteiger partial charge in [0.2, 0.25) is 0 Å². The number of hydrogen-bond donors (Lipinski definition) is 0. The molecule has 2 rings (SSSR count). The molecule has 0 bridgehead atoms. The lowest BCUT2D eigenvalue weighted by molar-refractivity contribution is 0.189. The molecule has 0 N–H and O–H groups in total. The molecule has 0 aromatic heterocycles. The SMILES string of the molecule is C=C[C@H]1c2cc(OC)ccc2OC[C@@]1(C)N=[N+]=[N-]. The van der Waals surface area contributed by atoms with Crippen LogP contribution in [0.2, 0.25) is 0 Å². The van der Waals surface area contributed by atoms with Crippen LogP contribution in [0.3, 0.4) is 0 Å². The maximum Gasteiger partial charge on any atom is 0.123 e. The summed E-state index contributed by atoms with van der Waals surface area (Å²) < 4.78 is 10.9. The third-order valence-electron chi connectivity index (χ3n) is 3.25. The molecule has 1 aromatic carbocycles. The maximum atomic E-state index is 8.69. The van der Waals surface area contributed by atoms with Crippen LogP contribution in [-0.4, -0.2) is 19.3 Å². The second-order valence-corrected chi connectivity index (χ2v) is 4.45. The highest BCUT2D eigenvalue weighted by Crippen LogP contribution is 2.43. The zero-order valence-corrected chi connectivity index (χ0v) is 10.5. The van der Waals surface area contributed by atoms with E-state index in [0.717, 1.165) is 17.1 Å². The van der Waals surface area contributed by atoms with E-state index in [0.29, 0.717) is 6.61 Å². The highest BCUT2D eigenvalue weighted by molar-refractivity contribution is 5.47. The topological polar surface area (TPSA) is 67.2 Å². The minimum absolute atomic E-state index is 0.0905. The molecule has 18 heavy (non-hydrogen) atoms. The molecule has 0 amide bonds. The minimum atomic E-state index is -0.657. The Hall–Kier alpha value is -2.13. The van der Waals surface area contributed by atoms with E-state index in [2.05, 4.69) is 16.6 Å². The lowest BCUT2D eigenvalue weighted by Crippen LogP contribution is -2.39. The van der Waals surface area contributed by atoms with Gasteiger partial charge in [-0.3, -0.25) is 0 Å². The van der Waals surface area contributed by atoms with Gasteiger partial charge in [0, 0.05) is 16.4 Å². The van der Waals surface area contributed by atoms with Gasteiger partial charge >= 0.3 is 0 Å². The first-order valence-corrected chi connectivity index (χ1v) is 5.64. The number of hydrogen-bond acceptors (Lipinski definition) is 3. The van der Waals surface area contributed by atoms with Crippen molar-refractivity contribution in [2.24, 2.45) is 5.11 Å². The molecule has 94 valence electrons. The molecule has 0 saturated heterocycles. The second-order valence-electron chi connectivity index (χ2n) is 4.45. The summed E-state index contributed by atoms with van der Waals surface area (Å²) in [5, 5.41) is 3.87. The fraction of sp³-hybridized carbons (Fsp3) is 0.385. The van der Waals surface area contributed by atoms with Gasteiger partial charge in [0.25, 0.3) is 0 Å². The van der Waals surface area contributed by atoms with Crippen LogP contribution in [0, 0.1) is 0 Å². The Morgan fingerprint density at radius 1 is 1.67 bits per heavy atom. The zero-order valence-electron chi connectivity index (χ0n) is 10.5. The van der Waals surface area contributed by atoms with Gasteiger partial charge in [-0.25, -0.2) is 0 Å². The van der Waals surface area contributed by atoms with Crippen molar-refractivity contribution in [2.45, 2.75) is 18.4 Å². The molecule has 5 nitrogen and oxygen atoms in total. The first kappa shape index (κ1) is 12.3. The van der Waals surface area contributed by atoms with Crippen LogP contribution in [0.1, 0.15) is 18.4 Å². The second kappa shape index (κ2) is 4.63. The Balaban J connectivity index is 2.54. The molecule has 0 spiro atoms. The van der Waals surface area contributed by atoms with Crippen molar-refractivity contribution in [1.29, 1.82) is 0 Å². The lowest BCUT2D eigenvalue weighted by atomic mass is 9.79. The Morgan fingerprint density at radius 3 is 3.06 bits per heavy atom. The van der Waals surface area contributed by atoms with Crippen molar-refractivity contribution in [3.63, 3.8) is 0 Å². The van der Waals surface area contributed by atoms with E-state index in [-0.39, 0.29) is 5.92 Å². The fourth-order valence-electron chi connectivity index (χ4n) is 2.25. The predicted molar refractivity (Wildman–Crippen MR) is 69.0 cm³/mol. The van der Waals surface area contributed by atoms with Gasteiger partial charge in [0.15, 0.2) is 0 Å². The summed E-state index contributed by atoms with van der Waals surface area (Å²) in [7, 11) is 1.61. The van der Waals surface area contributed by atoms with Crippen LogP contribution in [0.25, 0.3) is 10.4 Å². The Morgan fingerprint density at radius 2 is 2.44 bits per heavy atom. The van der Waals surface area contributed by atoms with Crippen molar-refractivity contribution in [3.8, 4) is 11.5 Å². The number of methoxy groups -OCH3 is 1. The minimum Gasteiger partial charge on any atom is -0.497 e. The average molecular weight is 245 g/mol. The van der Waals surface area contributed by atoms with Crippen molar-refractivity contribution >= 4 is 0 Å². The van der Waals surface area contributed by atoms with Crippen LogP contribution in [0.4, 0.5) is 0 Å². The number of azide groups is 1. The highest BCUT2D eigenvalue weighted by atomic mass is 16.5. The lowest BCUT2D eigenvalue weighted by Gasteiger charge is -2.37. The first-order valence-electron chi connectivity index (χ1n) is 5.64. The number of fused-ring (bicyclic) bond motifs is 1. The van der Waals surface area contributed by atoms with Gasteiger partial charge in [0.05, 0.1) is 12.6 Å². The van der Waals surface area contributed by atoms with E-state index >= 15 is 0 Å². The average Bonchev–Trinajstić information content (AvgIpc) is 2.38. The van der Waals surface area contributed by atoms with E-state index in [9.17, 15) is 0 Å². The molecule has 1 aliphatic rings. The smallest absolute Gasteiger partial charge is 0.123 e. The number of rotatable bonds is 3. The van der Waals surface area contributed by atoms with Gasteiger partial charge < -0.3 is 9.47 Å². The van der Waals surface area contributed by atoms with Crippen LogP contribution in [-0.2, 0) is 0 Å². The molecule has 0 radical (unpaired) electrons. The molecule has 1 aliphatic heterocycles. The monoisotopic (exact) mass is 245 g/mol. The van der Waals surface area contributed by atoms with Gasteiger partial charge in [-0.15, -0.1) is 6.58 Å². The molecule has 0 saturated carbocycles. The molecule has 1 aromatic rings. The summed E-state index contributed by atoms with van der Waals surface area (Å²) in [5.74, 6) is 1.44. The van der Waals surface area contributed by atoms with Gasteiger partial charge in [-0.2, -0.15) is 0 Å². The molecule has 0 unspecified atom stereocenters. The van der Waals surface area contributed by atoms with E-state index in [1.165, 1.54) is 0 Å². The van der Waals surface area contributed by atoms with Crippen LogP contribution >= 0.6 is 0 Å². The van der Waals surface area contributed by atoms with Gasteiger partial charge in [-0.1, -0.05) is 11.2 Å². The Bertz CT molecular complexity index is 523. The van der Waals surface area contributed by atoms with Crippen LogP contribution in [0.15, 0.2) is 36.0 Å². The van der Waals surface area contributed by atoms with Crippen LogP contribution in [0.5, 0.6) is 11.5 Å². The number of ether oxygens (including phenoxy) is 2. The van der Waals surface area contributed by atoms with Gasteiger partial charge in [-0.05, 0) is 30.7 Å². The summed E-state index contributed by atoms with van der Waals surface area (Å²) in [6, 6.07) is 5.60. The third-order valence-corrected chi connectivity index (χ3v) is 3.25. The molecule has 0 aliphatic carbocycles. The van der Waals surface area contributed by atoms with Gasteiger partial charge in [0.1, 0.15) is 18.1 Å². The number of nitrogens with zero attached hydrogens (tertiary/aromatic N) is 3. The highest BCUT2D eigenvalue weighted by Gasteiger charge is 2.39. The summed E-state index contributed by atoms with van der Waals surface area (Å²) in [4.78, 5) is 2.91. The third kappa shape index (κ3) is 1.89. The summed E-state index contributed by atoms with van der Waals surface area (Å²) >= 11 is 0. The summed E-state index contributed by atoms with van der Waals surface area (Å²) in [6.45, 7) is 6.04. The van der Waals surface area contributed by atoms with E-state index < -0.39 is 5.54 Å². The predicted octanol–water partition coefficient (Wildman–Crippen LogP) is 3.43. The summed E-state index contributed by atoms with van der Waals surface area (Å²) in [5.41, 5.74) is 8.97. The quantitative estimate of drug-likeness (QED) is 0.354. The first-order chi connectivity index (χ1) is 8.64. The Labute approximate surface area is 106 Å². The molecule has 1 heterocycles. The molecular weight excluding hydrogens is 230 g/mol. The van der Waals surface area contributed by atoms with E-state index in [1.54, 1.807) is 13.2 Å². The largest absolute Gasteiger partial charge is 0.497 e. The van der Waals surface area contributed by atoms with Crippen molar-refractivity contribution in [3.05, 3.63) is 46.9 Å². The van der Waals surface area contributed by atoms with Crippen LogP contribution < -0.4 is 9.47 Å².